The SMILES string of the molecule is C/C=C/CCc1cnc(-c2ccc(C#Cc3ccc4cc(F)c(F)cc4c3)cc2)nc1. The fourth-order valence-electron chi connectivity index (χ4n) is 3.22. The van der Waals surface area contributed by atoms with Crippen molar-refractivity contribution in [1.82, 2.24) is 9.97 Å². The summed E-state index contributed by atoms with van der Waals surface area (Å²) in [6.45, 7) is 2.01. The Labute approximate surface area is 180 Å². The molecule has 4 rings (SSSR count). The van der Waals surface area contributed by atoms with E-state index in [1.807, 2.05) is 49.7 Å². The van der Waals surface area contributed by atoms with Crippen LogP contribution in [0.3, 0.4) is 0 Å². The minimum atomic E-state index is -0.860. The van der Waals surface area contributed by atoms with Crippen LogP contribution < -0.4 is 0 Å². The first-order chi connectivity index (χ1) is 15.1. The predicted molar refractivity (Wildman–Crippen MR) is 120 cm³/mol. The summed E-state index contributed by atoms with van der Waals surface area (Å²) >= 11 is 0. The third kappa shape index (κ3) is 5.02. The number of fused-ring (bicyclic) bond motifs is 1. The van der Waals surface area contributed by atoms with Crippen molar-refractivity contribution in [2.75, 3.05) is 0 Å². The number of hydrogen-bond donors (Lipinski definition) is 0. The highest BCUT2D eigenvalue weighted by Crippen LogP contribution is 2.20. The van der Waals surface area contributed by atoms with Gasteiger partial charge in [0.05, 0.1) is 0 Å². The molecule has 4 aromatic rings. The molecular weight excluding hydrogens is 390 g/mol. The van der Waals surface area contributed by atoms with E-state index in [0.717, 1.165) is 35.1 Å². The van der Waals surface area contributed by atoms with Crippen molar-refractivity contribution in [3.63, 3.8) is 0 Å². The first-order valence-electron chi connectivity index (χ1n) is 10.1. The van der Waals surface area contributed by atoms with Crippen LogP contribution >= 0.6 is 0 Å². The molecule has 0 saturated carbocycles. The van der Waals surface area contributed by atoms with Crippen LogP contribution in [0.25, 0.3) is 22.2 Å². The van der Waals surface area contributed by atoms with Crippen molar-refractivity contribution >= 4 is 10.8 Å². The van der Waals surface area contributed by atoms with Gasteiger partial charge in [0.25, 0.3) is 0 Å². The van der Waals surface area contributed by atoms with Crippen molar-refractivity contribution < 1.29 is 8.78 Å². The first-order valence-corrected chi connectivity index (χ1v) is 10.1. The Balaban J connectivity index is 1.49. The average Bonchev–Trinajstić information content (AvgIpc) is 2.79. The highest BCUT2D eigenvalue weighted by atomic mass is 19.2. The second kappa shape index (κ2) is 9.32. The molecule has 0 spiro atoms. The van der Waals surface area contributed by atoms with Crippen LogP contribution in [0.15, 0.2) is 79.1 Å². The fourth-order valence-corrected chi connectivity index (χ4v) is 3.22. The molecule has 2 nitrogen and oxygen atoms in total. The summed E-state index contributed by atoms with van der Waals surface area (Å²) in [5.74, 6) is 5.15. The van der Waals surface area contributed by atoms with E-state index in [4.69, 9.17) is 0 Å². The average molecular weight is 410 g/mol. The van der Waals surface area contributed by atoms with Crippen LogP contribution in [-0.4, -0.2) is 9.97 Å². The van der Waals surface area contributed by atoms with Gasteiger partial charge < -0.3 is 0 Å². The van der Waals surface area contributed by atoms with E-state index in [1.54, 1.807) is 18.2 Å². The smallest absolute Gasteiger partial charge is 0.159 e. The zero-order chi connectivity index (χ0) is 21.6. The lowest BCUT2D eigenvalue weighted by Gasteiger charge is -2.02. The Bertz CT molecular complexity index is 1300. The molecule has 0 aliphatic heterocycles. The number of halogens is 2. The summed E-state index contributed by atoms with van der Waals surface area (Å²) in [6, 6.07) is 15.4. The molecular formula is C27H20F2N2. The predicted octanol–water partition coefficient (Wildman–Crippen LogP) is 6.48. The molecule has 152 valence electrons. The first kappa shape index (κ1) is 20.4. The highest BCUT2D eigenvalue weighted by Gasteiger charge is 2.04. The van der Waals surface area contributed by atoms with Gasteiger partial charge in [0.15, 0.2) is 17.5 Å². The molecule has 3 aromatic carbocycles. The van der Waals surface area contributed by atoms with Crippen LogP contribution in [0.4, 0.5) is 8.78 Å². The normalized spacial score (nSPS) is 10.9. The third-order valence-corrected chi connectivity index (χ3v) is 4.91. The molecule has 0 unspecified atom stereocenters. The fraction of sp³-hybridized carbons (Fsp3) is 0.111. The summed E-state index contributed by atoms with van der Waals surface area (Å²) in [5.41, 5.74) is 3.62. The quantitative estimate of drug-likeness (QED) is 0.284. The number of nitrogens with zero attached hydrogens (tertiary/aromatic N) is 2. The molecule has 1 aromatic heterocycles. The molecule has 0 saturated heterocycles. The van der Waals surface area contributed by atoms with E-state index in [0.29, 0.717) is 16.6 Å². The Kier molecular flexibility index (Phi) is 6.14. The van der Waals surface area contributed by atoms with Gasteiger partial charge in [0.1, 0.15) is 0 Å². The van der Waals surface area contributed by atoms with Gasteiger partial charge >= 0.3 is 0 Å². The topological polar surface area (TPSA) is 25.8 Å². The van der Waals surface area contributed by atoms with Crippen LogP contribution in [0.5, 0.6) is 0 Å². The van der Waals surface area contributed by atoms with Gasteiger partial charge in [-0.1, -0.05) is 30.1 Å². The van der Waals surface area contributed by atoms with Gasteiger partial charge in [-0.15, -0.1) is 0 Å². The Morgan fingerprint density at radius 2 is 1.45 bits per heavy atom. The molecule has 0 amide bonds. The lowest BCUT2D eigenvalue weighted by atomic mass is 10.1. The van der Waals surface area contributed by atoms with Crippen LogP contribution in [0, 0.1) is 23.5 Å². The lowest BCUT2D eigenvalue weighted by Crippen LogP contribution is -1.92. The molecule has 0 atom stereocenters. The maximum atomic E-state index is 13.5. The van der Waals surface area contributed by atoms with Crippen molar-refractivity contribution in [2.45, 2.75) is 19.8 Å². The van der Waals surface area contributed by atoms with Crippen molar-refractivity contribution in [3.05, 3.63) is 107 Å². The van der Waals surface area contributed by atoms with Gasteiger partial charge in [0, 0.05) is 29.1 Å². The Morgan fingerprint density at radius 3 is 2.16 bits per heavy atom. The van der Waals surface area contributed by atoms with E-state index >= 15 is 0 Å². The second-order valence-electron chi connectivity index (χ2n) is 7.18. The van der Waals surface area contributed by atoms with Gasteiger partial charge in [-0.25, -0.2) is 18.7 Å². The summed E-state index contributed by atoms with van der Waals surface area (Å²) in [6.07, 6.45) is 9.82. The molecule has 4 heteroatoms. The molecule has 0 aliphatic rings. The molecule has 0 aliphatic carbocycles. The monoisotopic (exact) mass is 410 g/mol. The van der Waals surface area contributed by atoms with E-state index < -0.39 is 11.6 Å². The molecule has 31 heavy (non-hydrogen) atoms. The molecule has 0 N–H and O–H groups in total. The van der Waals surface area contributed by atoms with E-state index in [1.165, 1.54) is 12.1 Å². The van der Waals surface area contributed by atoms with Crippen LogP contribution in [0.1, 0.15) is 30.0 Å². The minimum absolute atomic E-state index is 0.618. The largest absolute Gasteiger partial charge is 0.236 e. The number of benzene rings is 3. The second-order valence-corrected chi connectivity index (χ2v) is 7.18. The van der Waals surface area contributed by atoms with Crippen molar-refractivity contribution in [2.24, 2.45) is 0 Å². The third-order valence-electron chi connectivity index (χ3n) is 4.91. The molecule has 0 fully saturated rings. The van der Waals surface area contributed by atoms with Crippen LogP contribution in [0.2, 0.25) is 0 Å². The summed E-state index contributed by atoms with van der Waals surface area (Å²) in [7, 11) is 0. The van der Waals surface area contributed by atoms with E-state index in [-0.39, 0.29) is 0 Å². The number of hydrogen-bond acceptors (Lipinski definition) is 2. The van der Waals surface area contributed by atoms with E-state index in [9.17, 15) is 8.78 Å². The standard InChI is InChI=1S/C27H20F2N2/c1-2-3-4-5-21-17-30-27(31-18-21)22-11-8-19(9-12-22)6-7-20-10-13-23-15-25(28)26(29)16-24(23)14-20/h2-3,8-18H,4-5H2,1H3/b3-2+. The lowest BCUT2D eigenvalue weighted by molar-refractivity contribution is 0.511. The van der Waals surface area contributed by atoms with Gasteiger partial charge in [-0.2, -0.15) is 0 Å². The van der Waals surface area contributed by atoms with Gasteiger partial charge in [0.2, 0.25) is 0 Å². The number of aryl methyl sites for hydroxylation is 1. The summed E-state index contributed by atoms with van der Waals surface area (Å²) in [5, 5.41) is 1.26. The molecule has 0 bridgehead atoms. The van der Waals surface area contributed by atoms with Gasteiger partial charge in [-0.05, 0) is 84.6 Å². The zero-order valence-electron chi connectivity index (χ0n) is 17.1. The zero-order valence-corrected chi connectivity index (χ0v) is 17.1. The molecule has 1 heterocycles. The van der Waals surface area contributed by atoms with Crippen LogP contribution in [-0.2, 0) is 6.42 Å². The minimum Gasteiger partial charge on any atom is -0.236 e. The van der Waals surface area contributed by atoms with Gasteiger partial charge in [-0.3, -0.25) is 0 Å². The maximum Gasteiger partial charge on any atom is 0.159 e. The van der Waals surface area contributed by atoms with E-state index in [2.05, 4.69) is 27.9 Å². The molecule has 0 radical (unpaired) electrons. The summed E-state index contributed by atoms with van der Waals surface area (Å²) in [4.78, 5) is 8.93. The van der Waals surface area contributed by atoms with Crippen molar-refractivity contribution in [3.8, 4) is 23.2 Å². The maximum absolute atomic E-state index is 13.5. The van der Waals surface area contributed by atoms with Crippen molar-refractivity contribution in [1.29, 1.82) is 0 Å². The number of rotatable bonds is 4. The highest BCUT2D eigenvalue weighted by molar-refractivity contribution is 5.84. The summed E-state index contributed by atoms with van der Waals surface area (Å²) < 4.78 is 26.8. The number of aromatic nitrogens is 2. The Morgan fingerprint density at radius 1 is 0.806 bits per heavy atom. The Hall–Kier alpha value is -3.84. The number of allylic oxidation sites excluding steroid dienone is 2.